The molecule has 1 aliphatic heterocycles. The number of rotatable bonds is 4. The van der Waals surface area contributed by atoms with Crippen LogP contribution in [-0.4, -0.2) is 47.0 Å². The van der Waals surface area contributed by atoms with Crippen molar-refractivity contribution in [3.05, 3.63) is 17.5 Å². The number of aromatic nitrogens is 2. The van der Waals surface area contributed by atoms with Crippen LogP contribution in [0.5, 0.6) is 0 Å². The van der Waals surface area contributed by atoms with Crippen molar-refractivity contribution >= 4 is 11.9 Å². The van der Waals surface area contributed by atoms with Gasteiger partial charge >= 0.3 is 0 Å². The molecule has 1 aromatic rings. The summed E-state index contributed by atoms with van der Waals surface area (Å²) in [4.78, 5) is 25.5. The van der Waals surface area contributed by atoms with E-state index in [4.69, 9.17) is 0 Å². The molecule has 2 heterocycles. The van der Waals surface area contributed by atoms with E-state index in [9.17, 15) is 4.79 Å². The van der Waals surface area contributed by atoms with E-state index in [1.54, 1.807) is 0 Å². The Morgan fingerprint density at radius 2 is 1.86 bits per heavy atom. The van der Waals surface area contributed by atoms with Gasteiger partial charge in [-0.1, -0.05) is 12.8 Å². The lowest BCUT2D eigenvalue weighted by Gasteiger charge is -2.25. The van der Waals surface area contributed by atoms with Gasteiger partial charge in [0, 0.05) is 49.9 Å². The Morgan fingerprint density at radius 1 is 1.23 bits per heavy atom. The molecule has 0 N–H and O–H groups in total. The highest BCUT2D eigenvalue weighted by molar-refractivity contribution is 5.79. The van der Waals surface area contributed by atoms with Gasteiger partial charge in [-0.3, -0.25) is 4.79 Å². The summed E-state index contributed by atoms with van der Waals surface area (Å²) < 4.78 is 0. The molecule has 22 heavy (non-hydrogen) atoms. The fraction of sp³-hybridized carbons (Fsp3) is 0.706. The second kappa shape index (κ2) is 6.23. The maximum absolute atomic E-state index is 12.3. The van der Waals surface area contributed by atoms with Crippen molar-refractivity contribution in [2.45, 2.75) is 52.0 Å². The number of nitrogens with zero attached hydrogens (tertiary/aromatic N) is 4. The molecule has 3 rings (SSSR count). The minimum atomic E-state index is 0.339. The number of anilines is 1. The second-order valence-electron chi connectivity index (χ2n) is 6.89. The largest absolute Gasteiger partial charge is 0.344 e. The Labute approximate surface area is 132 Å². The Hall–Kier alpha value is -1.65. The number of carbonyl (C=O) groups excluding carboxylic acids is 1. The maximum atomic E-state index is 12.3. The lowest BCUT2D eigenvalue weighted by molar-refractivity contribution is -0.129. The van der Waals surface area contributed by atoms with Gasteiger partial charge in [0.15, 0.2) is 0 Å². The Morgan fingerprint density at radius 3 is 2.50 bits per heavy atom. The minimum absolute atomic E-state index is 0.339. The third-order valence-electron chi connectivity index (χ3n) is 4.85. The summed E-state index contributed by atoms with van der Waals surface area (Å²) in [6.07, 6.45) is 5.60. The molecule has 1 saturated heterocycles. The number of aryl methyl sites for hydroxylation is 2. The van der Waals surface area contributed by atoms with Crippen LogP contribution in [-0.2, 0) is 4.79 Å². The molecule has 0 spiro atoms. The van der Waals surface area contributed by atoms with Crippen molar-refractivity contribution in [1.29, 1.82) is 0 Å². The molecule has 1 aromatic heterocycles. The maximum Gasteiger partial charge on any atom is 0.225 e. The van der Waals surface area contributed by atoms with Crippen LogP contribution in [0.1, 0.15) is 43.5 Å². The zero-order valence-electron chi connectivity index (χ0n) is 13.9. The molecule has 0 unspecified atom stereocenters. The predicted molar refractivity (Wildman–Crippen MR) is 86.9 cm³/mol. The lowest BCUT2D eigenvalue weighted by Crippen LogP contribution is -2.35. The highest BCUT2D eigenvalue weighted by atomic mass is 16.2. The summed E-state index contributed by atoms with van der Waals surface area (Å²) in [5.41, 5.74) is 1.98. The monoisotopic (exact) mass is 302 g/mol. The van der Waals surface area contributed by atoms with Crippen LogP contribution in [0.2, 0.25) is 0 Å². The first-order valence-electron chi connectivity index (χ1n) is 8.36. The topological polar surface area (TPSA) is 49.3 Å². The molecule has 2 aliphatic rings. The van der Waals surface area contributed by atoms with Crippen molar-refractivity contribution in [2.24, 2.45) is 5.92 Å². The number of hydrogen-bond acceptors (Lipinski definition) is 4. The van der Waals surface area contributed by atoms with Gasteiger partial charge in [-0.2, -0.15) is 0 Å². The zero-order valence-corrected chi connectivity index (χ0v) is 13.9. The summed E-state index contributed by atoms with van der Waals surface area (Å²) in [6.45, 7) is 5.73. The molecule has 1 amide bonds. The summed E-state index contributed by atoms with van der Waals surface area (Å²) in [5.74, 6) is 1.50. The average Bonchev–Trinajstić information content (AvgIpc) is 3.07. The molecule has 1 saturated carbocycles. The predicted octanol–water partition coefficient (Wildman–Crippen LogP) is 2.32. The molecule has 0 bridgehead atoms. The van der Waals surface area contributed by atoms with Crippen LogP contribution >= 0.6 is 0 Å². The molecule has 0 aromatic carbocycles. The molecular weight excluding hydrogens is 276 g/mol. The molecule has 5 nitrogen and oxygen atoms in total. The first kappa shape index (κ1) is 15.3. The van der Waals surface area contributed by atoms with Crippen molar-refractivity contribution in [3.63, 3.8) is 0 Å². The number of carbonyl (C=O) groups is 1. The van der Waals surface area contributed by atoms with Gasteiger partial charge in [0.2, 0.25) is 11.9 Å². The molecule has 120 valence electrons. The van der Waals surface area contributed by atoms with E-state index < -0.39 is 0 Å². The van der Waals surface area contributed by atoms with Crippen LogP contribution in [0, 0.1) is 19.8 Å². The standard InChI is InChI=1S/C17H26N4O/c1-12-8-13(2)19-17(18-12)20(3)10-14-9-16(22)21(11-14)15-6-4-5-7-15/h8,14-15H,4-7,9-11H2,1-3H3/t14-/m0/s1. The smallest absolute Gasteiger partial charge is 0.225 e. The van der Waals surface area contributed by atoms with E-state index in [-0.39, 0.29) is 0 Å². The third kappa shape index (κ3) is 3.23. The summed E-state index contributed by atoms with van der Waals surface area (Å²) in [5, 5.41) is 0. The van der Waals surface area contributed by atoms with E-state index in [0.717, 1.165) is 30.4 Å². The first-order chi connectivity index (χ1) is 10.5. The normalized spacial score (nSPS) is 22.6. The summed E-state index contributed by atoms with van der Waals surface area (Å²) in [6, 6.07) is 2.48. The lowest BCUT2D eigenvalue weighted by atomic mass is 10.1. The Kier molecular flexibility index (Phi) is 4.32. The van der Waals surface area contributed by atoms with Crippen LogP contribution in [0.15, 0.2) is 6.07 Å². The van der Waals surface area contributed by atoms with Gasteiger partial charge in [-0.05, 0) is 32.8 Å². The van der Waals surface area contributed by atoms with Crippen molar-refractivity contribution in [1.82, 2.24) is 14.9 Å². The number of hydrogen-bond donors (Lipinski definition) is 0. The van der Waals surface area contributed by atoms with Gasteiger partial charge in [-0.15, -0.1) is 0 Å². The van der Waals surface area contributed by atoms with E-state index in [0.29, 0.717) is 24.3 Å². The van der Waals surface area contributed by atoms with Crippen molar-refractivity contribution < 1.29 is 4.79 Å². The number of likely N-dealkylation sites (tertiary alicyclic amines) is 1. The molecule has 2 fully saturated rings. The van der Waals surface area contributed by atoms with Gasteiger partial charge < -0.3 is 9.80 Å². The highest BCUT2D eigenvalue weighted by Gasteiger charge is 2.35. The molecule has 1 aliphatic carbocycles. The van der Waals surface area contributed by atoms with E-state index in [1.165, 1.54) is 25.7 Å². The van der Waals surface area contributed by atoms with Crippen molar-refractivity contribution in [2.75, 3.05) is 25.0 Å². The second-order valence-corrected chi connectivity index (χ2v) is 6.89. The molecule has 5 heteroatoms. The van der Waals surface area contributed by atoms with E-state index in [2.05, 4.69) is 19.8 Å². The average molecular weight is 302 g/mol. The van der Waals surface area contributed by atoms with Gasteiger partial charge in [-0.25, -0.2) is 9.97 Å². The first-order valence-corrected chi connectivity index (χ1v) is 8.36. The van der Waals surface area contributed by atoms with Crippen molar-refractivity contribution in [3.8, 4) is 0 Å². The van der Waals surface area contributed by atoms with E-state index in [1.807, 2.05) is 27.0 Å². The van der Waals surface area contributed by atoms with Crippen LogP contribution in [0.4, 0.5) is 5.95 Å². The summed E-state index contributed by atoms with van der Waals surface area (Å²) in [7, 11) is 2.02. The Balaban J connectivity index is 1.62. The SMILES string of the molecule is Cc1cc(C)nc(N(C)C[C@@H]2CC(=O)N(C3CCCC3)C2)n1. The molecular formula is C17H26N4O. The Bertz CT molecular complexity index is 533. The van der Waals surface area contributed by atoms with Crippen LogP contribution < -0.4 is 4.90 Å². The van der Waals surface area contributed by atoms with Crippen LogP contribution in [0.3, 0.4) is 0 Å². The quantitative estimate of drug-likeness (QED) is 0.856. The zero-order chi connectivity index (χ0) is 15.7. The minimum Gasteiger partial charge on any atom is -0.344 e. The van der Waals surface area contributed by atoms with E-state index >= 15 is 0 Å². The molecule has 1 atom stereocenters. The third-order valence-corrected chi connectivity index (χ3v) is 4.85. The van der Waals surface area contributed by atoms with Gasteiger partial charge in [0.25, 0.3) is 0 Å². The highest BCUT2D eigenvalue weighted by Crippen LogP contribution is 2.30. The van der Waals surface area contributed by atoms with Gasteiger partial charge in [0.05, 0.1) is 0 Å². The van der Waals surface area contributed by atoms with Gasteiger partial charge in [0.1, 0.15) is 0 Å². The molecule has 0 radical (unpaired) electrons. The summed E-state index contributed by atoms with van der Waals surface area (Å²) >= 11 is 0. The fourth-order valence-electron chi connectivity index (χ4n) is 3.85. The number of amides is 1. The van der Waals surface area contributed by atoms with Crippen LogP contribution in [0.25, 0.3) is 0 Å². The fourth-order valence-corrected chi connectivity index (χ4v) is 3.85.